The van der Waals surface area contributed by atoms with Crippen LogP contribution >= 0.6 is 15.9 Å². The zero-order valence-electron chi connectivity index (χ0n) is 13.1. The molecule has 2 rings (SSSR count). The number of carboxylic acids is 1. The molecule has 0 aliphatic carbocycles. The summed E-state index contributed by atoms with van der Waals surface area (Å²) in [6.07, 6.45) is 1.38. The lowest BCUT2D eigenvalue weighted by atomic mass is 10.2. The Kier molecular flexibility index (Phi) is 6.39. The average Bonchev–Trinajstić information content (AvgIpc) is 2.60. The highest BCUT2D eigenvalue weighted by Crippen LogP contribution is 2.25. The smallest absolute Gasteiger partial charge is 0.341 e. The van der Waals surface area contributed by atoms with Crippen molar-refractivity contribution in [3.63, 3.8) is 0 Å². The zero-order chi connectivity index (χ0) is 19.1. The van der Waals surface area contributed by atoms with E-state index in [2.05, 4.69) is 26.5 Å². The molecular weight excluding hydrogens is 410 g/mol. The van der Waals surface area contributed by atoms with Crippen LogP contribution in [0.5, 0.6) is 5.75 Å². The number of carbonyl (C=O) groups excluding carboxylic acids is 1. The van der Waals surface area contributed by atoms with Gasteiger partial charge in [-0.2, -0.15) is 5.10 Å². The number of ether oxygens (including phenoxy) is 1. The first kappa shape index (κ1) is 19.1. The molecule has 134 valence electrons. The number of carbonyl (C=O) groups is 2. The number of nitro groups is 1. The van der Waals surface area contributed by atoms with Gasteiger partial charge >= 0.3 is 5.97 Å². The Hall–Kier alpha value is -3.27. The predicted molar refractivity (Wildman–Crippen MR) is 95.4 cm³/mol. The summed E-state index contributed by atoms with van der Waals surface area (Å²) in [4.78, 5) is 32.4. The third-order valence-corrected chi connectivity index (χ3v) is 3.65. The topological polar surface area (TPSA) is 131 Å². The van der Waals surface area contributed by atoms with Gasteiger partial charge in [0.1, 0.15) is 5.75 Å². The van der Waals surface area contributed by atoms with E-state index < -0.39 is 23.4 Å². The van der Waals surface area contributed by atoms with Crippen molar-refractivity contribution in [2.75, 3.05) is 6.61 Å². The largest absolute Gasteiger partial charge is 0.481 e. The van der Waals surface area contributed by atoms with Gasteiger partial charge in [-0.3, -0.25) is 14.9 Å². The second-order valence-corrected chi connectivity index (χ2v) is 5.73. The normalized spacial score (nSPS) is 10.5. The molecule has 0 unspecified atom stereocenters. The fourth-order valence-electron chi connectivity index (χ4n) is 1.82. The molecule has 0 saturated carbocycles. The van der Waals surface area contributed by atoms with Gasteiger partial charge in [0, 0.05) is 17.7 Å². The van der Waals surface area contributed by atoms with Crippen molar-refractivity contribution in [3.05, 3.63) is 68.2 Å². The molecule has 0 spiro atoms. The Bertz CT molecular complexity index is 867. The highest BCUT2D eigenvalue weighted by molar-refractivity contribution is 9.10. The lowest BCUT2D eigenvalue weighted by molar-refractivity contribution is -0.384. The molecule has 0 aliphatic heterocycles. The van der Waals surface area contributed by atoms with Crippen LogP contribution in [-0.4, -0.2) is 34.7 Å². The van der Waals surface area contributed by atoms with Gasteiger partial charge in [-0.25, -0.2) is 10.2 Å². The molecule has 1 amide bonds. The number of carboxylic acid groups (broad SMARTS) is 1. The molecule has 0 radical (unpaired) electrons. The van der Waals surface area contributed by atoms with E-state index >= 15 is 0 Å². The van der Waals surface area contributed by atoms with E-state index in [1.165, 1.54) is 30.5 Å². The van der Waals surface area contributed by atoms with Gasteiger partial charge in [0.2, 0.25) is 0 Å². The van der Waals surface area contributed by atoms with Crippen LogP contribution in [0.15, 0.2) is 52.0 Å². The number of amides is 1. The molecule has 0 aromatic heterocycles. The quantitative estimate of drug-likeness (QED) is 0.401. The number of aliphatic carboxylic acids is 1. The highest BCUT2D eigenvalue weighted by Gasteiger charge is 2.09. The summed E-state index contributed by atoms with van der Waals surface area (Å²) < 4.78 is 5.60. The molecule has 26 heavy (non-hydrogen) atoms. The number of nitrogens with zero attached hydrogens (tertiary/aromatic N) is 2. The number of rotatable bonds is 7. The highest BCUT2D eigenvalue weighted by atomic mass is 79.9. The number of nitrogens with one attached hydrogen (secondary N) is 1. The number of non-ortho nitro benzene ring substituents is 1. The van der Waals surface area contributed by atoms with Crippen LogP contribution in [0.2, 0.25) is 0 Å². The van der Waals surface area contributed by atoms with Crippen LogP contribution < -0.4 is 10.2 Å². The minimum Gasteiger partial charge on any atom is -0.481 e. The zero-order valence-corrected chi connectivity index (χ0v) is 14.7. The van der Waals surface area contributed by atoms with Gasteiger partial charge in [-0.1, -0.05) is 0 Å². The van der Waals surface area contributed by atoms with E-state index in [4.69, 9.17) is 9.84 Å². The maximum atomic E-state index is 11.9. The SMILES string of the molecule is O=C(O)COc1ccc(/C=N\NC(=O)c2ccc([N+](=O)[O-])cc2)cc1Br. The van der Waals surface area contributed by atoms with Crippen molar-refractivity contribution >= 4 is 39.7 Å². The second-order valence-electron chi connectivity index (χ2n) is 4.88. The van der Waals surface area contributed by atoms with E-state index in [9.17, 15) is 19.7 Å². The third-order valence-electron chi connectivity index (χ3n) is 3.03. The van der Waals surface area contributed by atoms with E-state index in [-0.39, 0.29) is 11.3 Å². The number of hydrazone groups is 1. The minimum atomic E-state index is -1.09. The van der Waals surface area contributed by atoms with Crippen molar-refractivity contribution < 1.29 is 24.4 Å². The molecule has 0 bridgehead atoms. The molecule has 10 heteroatoms. The van der Waals surface area contributed by atoms with Gasteiger partial charge in [0.25, 0.3) is 11.6 Å². The maximum absolute atomic E-state index is 11.9. The summed E-state index contributed by atoms with van der Waals surface area (Å²) in [5.41, 5.74) is 3.05. The van der Waals surface area contributed by atoms with E-state index in [0.29, 0.717) is 15.8 Å². The molecular formula is C16H12BrN3O6. The molecule has 0 atom stereocenters. The van der Waals surface area contributed by atoms with E-state index in [1.54, 1.807) is 18.2 Å². The van der Waals surface area contributed by atoms with Gasteiger partial charge in [0.15, 0.2) is 6.61 Å². The van der Waals surface area contributed by atoms with Crippen molar-refractivity contribution in [1.82, 2.24) is 5.43 Å². The van der Waals surface area contributed by atoms with Crippen LogP contribution in [0.3, 0.4) is 0 Å². The molecule has 0 heterocycles. The minimum absolute atomic E-state index is 0.111. The summed E-state index contributed by atoms with van der Waals surface area (Å²) in [6.45, 7) is -0.461. The van der Waals surface area contributed by atoms with Gasteiger partial charge < -0.3 is 9.84 Å². The van der Waals surface area contributed by atoms with Crippen molar-refractivity contribution in [3.8, 4) is 5.75 Å². The van der Waals surface area contributed by atoms with Crippen LogP contribution in [-0.2, 0) is 4.79 Å². The Morgan fingerprint density at radius 3 is 2.54 bits per heavy atom. The summed E-state index contributed by atoms with van der Waals surface area (Å²) in [5, 5.41) is 23.0. The lowest BCUT2D eigenvalue weighted by Crippen LogP contribution is -2.17. The number of nitro benzene ring substituents is 1. The van der Waals surface area contributed by atoms with Crippen molar-refractivity contribution in [2.45, 2.75) is 0 Å². The molecule has 0 fully saturated rings. The third kappa shape index (κ3) is 5.38. The predicted octanol–water partition coefficient (Wildman–Crippen LogP) is 2.58. The maximum Gasteiger partial charge on any atom is 0.341 e. The first-order valence-corrected chi connectivity index (χ1v) is 7.88. The van der Waals surface area contributed by atoms with Gasteiger partial charge in [0.05, 0.1) is 15.6 Å². The monoisotopic (exact) mass is 421 g/mol. The van der Waals surface area contributed by atoms with Gasteiger partial charge in [-0.15, -0.1) is 0 Å². The first-order valence-electron chi connectivity index (χ1n) is 7.09. The average molecular weight is 422 g/mol. The Balaban J connectivity index is 1.97. The summed E-state index contributed by atoms with van der Waals surface area (Å²) >= 11 is 3.25. The summed E-state index contributed by atoms with van der Waals surface area (Å²) in [6, 6.07) is 9.94. The number of hydrogen-bond acceptors (Lipinski definition) is 6. The second kappa shape index (κ2) is 8.72. The fraction of sp³-hybridized carbons (Fsp3) is 0.0625. The van der Waals surface area contributed by atoms with Crippen LogP contribution in [0.4, 0.5) is 5.69 Å². The van der Waals surface area contributed by atoms with E-state index in [1.807, 2.05) is 0 Å². The lowest BCUT2D eigenvalue weighted by Gasteiger charge is -2.06. The summed E-state index contributed by atoms with van der Waals surface area (Å²) in [5.74, 6) is -1.24. The first-order chi connectivity index (χ1) is 12.4. The molecule has 2 N–H and O–H groups in total. The molecule has 0 aliphatic rings. The number of hydrogen-bond donors (Lipinski definition) is 2. The number of benzene rings is 2. The molecule has 0 saturated heterocycles. The Labute approximate surface area is 155 Å². The summed E-state index contributed by atoms with van der Waals surface area (Å²) in [7, 11) is 0. The van der Waals surface area contributed by atoms with Gasteiger partial charge in [-0.05, 0) is 51.8 Å². The molecule has 2 aromatic rings. The standard InChI is InChI=1S/C16H12BrN3O6/c17-13-7-10(1-6-14(13)26-9-15(21)22)8-18-19-16(23)11-2-4-12(5-3-11)20(24)25/h1-8H,9H2,(H,19,23)(H,21,22)/b18-8-. The number of halogens is 1. The van der Waals surface area contributed by atoms with Crippen LogP contribution in [0.1, 0.15) is 15.9 Å². The molecule has 2 aromatic carbocycles. The van der Waals surface area contributed by atoms with Crippen molar-refractivity contribution in [2.24, 2.45) is 5.10 Å². The van der Waals surface area contributed by atoms with Crippen LogP contribution in [0.25, 0.3) is 0 Å². The van der Waals surface area contributed by atoms with Crippen LogP contribution in [0, 0.1) is 10.1 Å². The molecule has 9 nitrogen and oxygen atoms in total. The van der Waals surface area contributed by atoms with Crippen molar-refractivity contribution in [1.29, 1.82) is 0 Å². The Morgan fingerprint density at radius 1 is 1.27 bits per heavy atom. The Morgan fingerprint density at radius 2 is 1.96 bits per heavy atom. The fourth-order valence-corrected chi connectivity index (χ4v) is 2.33. The van der Waals surface area contributed by atoms with E-state index in [0.717, 1.165) is 0 Å².